The Labute approximate surface area is 169 Å². The first-order chi connectivity index (χ1) is 13.8. The maximum atomic E-state index is 13.0. The molecule has 1 N–H and O–H groups in total. The molecule has 5 nitrogen and oxygen atoms in total. The largest absolute Gasteiger partial charge is 0.497 e. The van der Waals surface area contributed by atoms with E-state index in [4.69, 9.17) is 4.74 Å². The van der Waals surface area contributed by atoms with Crippen molar-refractivity contribution in [3.63, 3.8) is 0 Å². The molecular formula is C22H26F2N2O3. The van der Waals surface area contributed by atoms with Gasteiger partial charge in [-0.1, -0.05) is 36.4 Å². The topological polar surface area (TPSA) is 53.0 Å². The minimum absolute atomic E-state index is 0.0145. The second-order valence-electron chi connectivity index (χ2n) is 7.47. The maximum Gasteiger partial charge on any atom is 0.407 e. The molecule has 1 fully saturated rings. The Morgan fingerprint density at radius 3 is 1.97 bits per heavy atom. The lowest BCUT2D eigenvalue weighted by Crippen LogP contribution is -2.58. The van der Waals surface area contributed by atoms with Crippen LogP contribution in [0.2, 0.25) is 0 Å². The number of halogens is 2. The molecule has 0 aliphatic carbocycles. The van der Waals surface area contributed by atoms with Gasteiger partial charge in [0.1, 0.15) is 5.75 Å². The van der Waals surface area contributed by atoms with Crippen LogP contribution in [0.25, 0.3) is 0 Å². The zero-order valence-electron chi connectivity index (χ0n) is 16.8. The minimum Gasteiger partial charge on any atom is -0.497 e. The molecule has 0 bridgehead atoms. The number of rotatable bonds is 5. The Kier molecular flexibility index (Phi) is 6.37. The number of benzene rings is 2. The highest BCUT2D eigenvalue weighted by atomic mass is 19.3. The number of alkyl halides is 2. The van der Waals surface area contributed by atoms with E-state index in [1.165, 1.54) is 17.0 Å². The Hall–Kier alpha value is -2.67. The van der Waals surface area contributed by atoms with Crippen LogP contribution < -0.4 is 4.74 Å². The number of amides is 1. The predicted octanol–water partition coefficient (Wildman–Crippen LogP) is 4.79. The summed E-state index contributed by atoms with van der Waals surface area (Å²) in [5.74, 6) is 0.734. The van der Waals surface area contributed by atoms with E-state index in [0.717, 1.165) is 16.9 Å². The number of hydrogen-bond acceptors (Lipinski definition) is 3. The summed E-state index contributed by atoms with van der Waals surface area (Å²) < 4.78 is 31.3. The molecule has 1 aliphatic heterocycles. The third-order valence-corrected chi connectivity index (χ3v) is 5.55. The van der Waals surface area contributed by atoms with Crippen molar-refractivity contribution in [3.8, 4) is 5.75 Å². The van der Waals surface area contributed by atoms with E-state index in [-0.39, 0.29) is 23.7 Å². The lowest BCUT2D eigenvalue weighted by Gasteiger charge is -2.46. The summed E-state index contributed by atoms with van der Waals surface area (Å²) in [5.41, 5.74) is 1.88. The van der Waals surface area contributed by atoms with Crippen LogP contribution >= 0.6 is 0 Å². The van der Waals surface area contributed by atoms with Crippen molar-refractivity contribution in [3.05, 3.63) is 65.2 Å². The van der Waals surface area contributed by atoms with E-state index in [1.54, 1.807) is 19.2 Å². The van der Waals surface area contributed by atoms with Gasteiger partial charge in [-0.25, -0.2) is 13.6 Å². The van der Waals surface area contributed by atoms with Crippen molar-refractivity contribution in [2.45, 2.75) is 38.4 Å². The minimum atomic E-state index is -2.51. The van der Waals surface area contributed by atoms with Crippen LogP contribution in [0.5, 0.6) is 5.75 Å². The van der Waals surface area contributed by atoms with Gasteiger partial charge in [0, 0.05) is 30.7 Å². The quantitative estimate of drug-likeness (QED) is 0.778. The fourth-order valence-electron chi connectivity index (χ4n) is 3.96. The van der Waals surface area contributed by atoms with Crippen molar-refractivity contribution >= 4 is 6.09 Å². The fraction of sp³-hybridized carbons (Fsp3) is 0.409. The van der Waals surface area contributed by atoms with Gasteiger partial charge in [-0.2, -0.15) is 0 Å². The van der Waals surface area contributed by atoms with Crippen molar-refractivity contribution in [2.75, 3.05) is 20.2 Å². The third-order valence-electron chi connectivity index (χ3n) is 5.55. The van der Waals surface area contributed by atoms with Crippen LogP contribution in [0.4, 0.5) is 13.6 Å². The molecule has 0 spiro atoms. The molecule has 29 heavy (non-hydrogen) atoms. The van der Waals surface area contributed by atoms with E-state index in [9.17, 15) is 18.7 Å². The second kappa shape index (κ2) is 8.78. The summed E-state index contributed by atoms with van der Waals surface area (Å²) in [6.07, 6.45) is -3.44. The molecule has 1 aliphatic rings. The van der Waals surface area contributed by atoms with E-state index in [0.29, 0.717) is 13.1 Å². The van der Waals surface area contributed by atoms with Crippen molar-refractivity contribution in [1.82, 2.24) is 9.80 Å². The molecule has 7 heteroatoms. The SMILES string of the molecule is COc1ccc(C(c2ccc(C(F)F)cc2)N2C[C@H](C)N(C(=O)O)C[C@H]2C)cc1. The molecule has 1 unspecified atom stereocenters. The normalized spacial score (nSPS) is 21.2. The van der Waals surface area contributed by atoms with Gasteiger partial charge >= 0.3 is 6.09 Å². The molecule has 0 saturated carbocycles. The Morgan fingerprint density at radius 1 is 0.966 bits per heavy atom. The first-order valence-electron chi connectivity index (χ1n) is 9.59. The molecule has 3 rings (SSSR count). The highest BCUT2D eigenvalue weighted by Gasteiger charge is 2.36. The van der Waals surface area contributed by atoms with Gasteiger partial charge in [0.05, 0.1) is 13.2 Å². The molecule has 1 amide bonds. The number of piperazine rings is 1. The predicted molar refractivity (Wildman–Crippen MR) is 107 cm³/mol. The molecule has 0 radical (unpaired) electrons. The number of carboxylic acid groups (broad SMARTS) is 1. The standard InChI is InChI=1S/C22H26F2N2O3/c1-14-13-26(22(27)28)15(2)12-25(14)20(17-8-10-19(29-3)11-9-17)16-4-6-18(7-5-16)21(23)24/h4-11,14-15,20-21H,12-13H2,1-3H3,(H,27,28)/t14-,15+,20?/m1/s1. The number of methoxy groups -OCH3 is 1. The van der Waals surface area contributed by atoms with E-state index in [1.807, 2.05) is 38.1 Å². The van der Waals surface area contributed by atoms with Gasteiger partial charge in [0.25, 0.3) is 6.43 Å². The lowest BCUT2D eigenvalue weighted by molar-refractivity contribution is 0.0280. The highest BCUT2D eigenvalue weighted by molar-refractivity contribution is 5.65. The molecule has 1 heterocycles. The van der Waals surface area contributed by atoms with Gasteiger partial charge in [0.2, 0.25) is 0 Å². The second-order valence-corrected chi connectivity index (χ2v) is 7.47. The first kappa shape index (κ1) is 21.0. The summed E-state index contributed by atoms with van der Waals surface area (Å²) in [6, 6.07) is 13.7. The van der Waals surface area contributed by atoms with Crippen molar-refractivity contribution in [2.24, 2.45) is 0 Å². The average molecular weight is 404 g/mol. The first-order valence-corrected chi connectivity index (χ1v) is 9.59. The van der Waals surface area contributed by atoms with Crippen LogP contribution in [0.15, 0.2) is 48.5 Å². The van der Waals surface area contributed by atoms with E-state index < -0.39 is 12.5 Å². The maximum absolute atomic E-state index is 13.0. The Balaban J connectivity index is 1.99. The van der Waals surface area contributed by atoms with Crippen LogP contribution in [-0.2, 0) is 0 Å². The number of hydrogen-bond donors (Lipinski definition) is 1. The monoisotopic (exact) mass is 404 g/mol. The van der Waals surface area contributed by atoms with Gasteiger partial charge in [-0.15, -0.1) is 0 Å². The number of carbonyl (C=O) groups is 1. The van der Waals surface area contributed by atoms with E-state index in [2.05, 4.69) is 4.90 Å². The van der Waals surface area contributed by atoms with Crippen LogP contribution in [-0.4, -0.2) is 53.3 Å². The van der Waals surface area contributed by atoms with Crippen LogP contribution in [0, 0.1) is 0 Å². The van der Waals surface area contributed by atoms with Crippen molar-refractivity contribution in [1.29, 1.82) is 0 Å². The summed E-state index contributed by atoms with van der Waals surface area (Å²) in [6.45, 7) is 4.81. The van der Waals surface area contributed by atoms with Crippen LogP contribution in [0.1, 0.15) is 43.0 Å². The molecule has 1 saturated heterocycles. The molecule has 3 atom stereocenters. The zero-order valence-corrected chi connectivity index (χ0v) is 16.8. The average Bonchev–Trinajstić information content (AvgIpc) is 2.71. The van der Waals surface area contributed by atoms with Crippen molar-refractivity contribution < 1.29 is 23.4 Å². The third kappa shape index (κ3) is 4.50. The summed E-state index contributed by atoms with van der Waals surface area (Å²) in [5, 5.41) is 9.45. The Morgan fingerprint density at radius 2 is 1.48 bits per heavy atom. The molecule has 156 valence electrons. The summed E-state index contributed by atoms with van der Waals surface area (Å²) in [4.78, 5) is 15.2. The van der Waals surface area contributed by atoms with Gasteiger partial charge < -0.3 is 14.7 Å². The summed E-state index contributed by atoms with van der Waals surface area (Å²) in [7, 11) is 1.60. The number of nitrogens with zero attached hydrogens (tertiary/aromatic N) is 2. The zero-order chi connectivity index (χ0) is 21.1. The molecular weight excluding hydrogens is 378 g/mol. The Bertz CT molecular complexity index is 827. The van der Waals surface area contributed by atoms with Crippen LogP contribution in [0.3, 0.4) is 0 Å². The molecule has 2 aromatic carbocycles. The van der Waals surface area contributed by atoms with Gasteiger partial charge in [0.15, 0.2) is 0 Å². The smallest absolute Gasteiger partial charge is 0.407 e. The van der Waals surface area contributed by atoms with Gasteiger partial charge in [-0.05, 0) is 37.1 Å². The number of ether oxygens (including phenoxy) is 1. The van der Waals surface area contributed by atoms with Gasteiger partial charge in [-0.3, -0.25) is 4.90 Å². The molecule has 0 aromatic heterocycles. The molecule has 2 aromatic rings. The lowest BCUT2D eigenvalue weighted by atomic mass is 9.93. The summed E-state index contributed by atoms with van der Waals surface area (Å²) >= 11 is 0. The van der Waals surface area contributed by atoms with E-state index >= 15 is 0 Å². The highest BCUT2D eigenvalue weighted by Crippen LogP contribution is 2.35. The fourth-order valence-corrected chi connectivity index (χ4v) is 3.96.